The molecular weight excluding hydrogens is 346 g/mol. The highest BCUT2D eigenvalue weighted by molar-refractivity contribution is 9.10. The first-order valence-electron chi connectivity index (χ1n) is 7.28. The van der Waals surface area contributed by atoms with Gasteiger partial charge in [-0.3, -0.25) is 0 Å². The molecular formula is C18H21BrClN. The van der Waals surface area contributed by atoms with Crippen LogP contribution in [0.5, 0.6) is 0 Å². The molecule has 2 aromatic rings. The molecule has 112 valence electrons. The average molecular weight is 367 g/mol. The van der Waals surface area contributed by atoms with E-state index >= 15 is 0 Å². The summed E-state index contributed by atoms with van der Waals surface area (Å²) in [5.41, 5.74) is 2.66. The highest BCUT2D eigenvalue weighted by Gasteiger charge is 2.15. The number of hydrogen-bond donors (Lipinski definition) is 1. The van der Waals surface area contributed by atoms with Crippen LogP contribution in [0.25, 0.3) is 0 Å². The molecule has 0 aliphatic rings. The second-order valence-electron chi connectivity index (χ2n) is 5.61. The van der Waals surface area contributed by atoms with Crippen LogP contribution in [0.2, 0.25) is 5.02 Å². The Hall–Kier alpha value is -0.830. The van der Waals surface area contributed by atoms with Crippen molar-refractivity contribution in [2.24, 2.45) is 0 Å². The number of nitrogens with one attached hydrogen (secondary N) is 1. The predicted octanol–water partition coefficient (Wildman–Crippen LogP) is 5.43. The summed E-state index contributed by atoms with van der Waals surface area (Å²) in [6.07, 6.45) is 1.000. The zero-order valence-corrected chi connectivity index (χ0v) is 14.8. The number of rotatable bonds is 6. The summed E-state index contributed by atoms with van der Waals surface area (Å²) in [6, 6.07) is 17.1. The second kappa shape index (κ2) is 7.98. The van der Waals surface area contributed by atoms with E-state index in [1.807, 2.05) is 12.1 Å². The molecule has 0 radical (unpaired) electrons. The van der Waals surface area contributed by atoms with Gasteiger partial charge in [0.25, 0.3) is 0 Å². The number of hydrogen-bond acceptors (Lipinski definition) is 1. The van der Waals surface area contributed by atoms with Gasteiger partial charge in [-0.1, -0.05) is 71.7 Å². The first-order valence-corrected chi connectivity index (χ1v) is 8.45. The van der Waals surface area contributed by atoms with Crippen LogP contribution in [0.4, 0.5) is 0 Å². The van der Waals surface area contributed by atoms with Crippen molar-refractivity contribution < 1.29 is 0 Å². The predicted molar refractivity (Wildman–Crippen MR) is 95.2 cm³/mol. The largest absolute Gasteiger partial charge is 0.314 e. The van der Waals surface area contributed by atoms with E-state index in [1.54, 1.807) is 0 Å². The summed E-state index contributed by atoms with van der Waals surface area (Å²) in [5, 5.41) is 4.34. The minimum atomic E-state index is 0.434. The fraction of sp³-hybridized carbons (Fsp3) is 0.333. The van der Waals surface area contributed by atoms with Crippen LogP contribution >= 0.6 is 27.5 Å². The normalized spacial score (nSPS) is 12.6. The van der Waals surface area contributed by atoms with Gasteiger partial charge in [-0.15, -0.1) is 0 Å². The first-order chi connectivity index (χ1) is 10.1. The molecule has 2 rings (SSSR count). The van der Waals surface area contributed by atoms with Crippen LogP contribution in [0.1, 0.15) is 30.9 Å². The van der Waals surface area contributed by atoms with Crippen molar-refractivity contribution in [3.63, 3.8) is 0 Å². The molecule has 3 heteroatoms. The van der Waals surface area contributed by atoms with Crippen LogP contribution in [-0.2, 0) is 6.42 Å². The van der Waals surface area contributed by atoms with Crippen molar-refractivity contribution in [1.29, 1.82) is 0 Å². The smallest absolute Gasteiger partial charge is 0.0406 e. The minimum absolute atomic E-state index is 0.434. The first kappa shape index (κ1) is 16.5. The Morgan fingerprint density at radius 1 is 1.05 bits per heavy atom. The van der Waals surface area contributed by atoms with E-state index in [9.17, 15) is 0 Å². The fourth-order valence-electron chi connectivity index (χ4n) is 2.38. The molecule has 0 bridgehead atoms. The van der Waals surface area contributed by atoms with Gasteiger partial charge in [0.15, 0.2) is 0 Å². The summed E-state index contributed by atoms with van der Waals surface area (Å²) < 4.78 is 1.18. The topological polar surface area (TPSA) is 12.0 Å². The van der Waals surface area contributed by atoms with Crippen molar-refractivity contribution in [1.82, 2.24) is 5.32 Å². The summed E-state index contributed by atoms with van der Waals surface area (Å²) in [6.45, 7) is 5.32. The molecule has 1 atom stereocenters. The highest BCUT2D eigenvalue weighted by Crippen LogP contribution is 2.28. The number of halogens is 2. The Balaban J connectivity index is 2.19. The molecule has 0 saturated carbocycles. The van der Waals surface area contributed by atoms with E-state index < -0.39 is 0 Å². The lowest BCUT2D eigenvalue weighted by Gasteiger charge is -2.21. The maximum Gasteiger partial charge on any atom is 0.0406 e. The van der Waals surface area contributed by atoms with E-state index in [4.69, 9.17) is 11.6 Å². The van der Waals surface area contributed by atoms with E-state index in [0.29, 0.717) is 12.0 Å². The molecule has 1 nitrogen and oxygen atoms in total. The molecule has 2 aromatic carbocycles. The van der Waals surface area contributed by atoms with Crippen molar-refractivity contribution in [3.8, 4) is 0 Å². The molecule has 0 fully saturated rings. The van der Waals surface area contributed by atoms with Gasteiger partial charge in [0.05, 0.1) is 0 Å². The Morgan fingerprint density at radius 3 is 2.33 bits per heavy atom. The summed E-state index contributed by atoms with van der Waals surface area (Å²) in [7, 11) is 0. The minimum Gasteiger partial charge on any atom is -0.314 e. The van der Waals surface area contributed by atoms with Gasteiger partial charge in [0.1, 0.15) is 0 Å². The SMILES string of the molecule is CC(C)NCC(Cc1ccc(Cl)cc1)c1ccccc1Br. The van der Waals surface area contributed by atoms with Crippen molar-refractivity contribution >= 4 is 27.5 Å². The lowest BCUT2D eigenvalue weighted by Crippen LogP contribution is -2.29. The summed E-state index contributed by atoms with van der Waals surface area (Å²) >= 11 is 9.65. The van der Waals surface area contributed by atoms with Crippen molar-refractivity contribution in [3.05, 3.63) is 69.2 Å². The standard InChI is InChI=1S/C18H21BrClN/c1-13(2)21-12-15(17-5-3-4-6-18(17)19)11-14-7-9-16(20)10-8-14/h3-10,13,15,21H,11-12H2,1-2H3. The van der Waals surface area contributed by atoms with Gasteiger partial charge in [0.2, 0.25) is 0 Å². The lowest BCUT2D eigenvalue weighted by atomic mass is 9.91. The number of benzene rings is 2. The van der Waals surface area contributed by atoms with Gasteiger partial charge in [-0.25, -0.2) is 0 Å². The molecule has 0 spiro atoms. The van der Waals surface area contributed by atoms with Crippen molar-refractivity contribution in [2.45, 2.75) is 32.2 Å². The van der Waals surface area contributed by atoms with E-state index in [2.05, 4.69) is 71.5 Å². The molecule has 21 heavy (non-hydrogen) atoms. The van der Waals surface area contributed by atoms with Crippen LogP contribution in [0, 0.1) is 0 Å². The molecule has 0 amide bonds. The second-order valence-corrected chi connectivity index (χ2v) is 6.90. The Bertz CT molecular complexity index is 566. The Labute approximate surface area is 140 Å². The van der Waals surface area contributed by atoms with Gasteiger partial charge in [0, 0.05) is 28.0 Å². The zero-order valence-electron chi connectivity index (χ0n) is 12.4. The Morgan fingerprint density at radius 2 is 1.71 bits per heavy atom. The van der Waals surface area contributed by atoms with Crippen LogP contribution in [0.3, 0.4) is 0 Å². The zero-order chi connectivity index (χ0) is 15.2. The monoisotopic (exact) mass is 365 g/mol. The highest BCUT2D eigenvalue weighted by atomic mass is 79.9. The third-order valence-electron chi connectivity index (χ3n) is 3.51. The Kier molecular flexibility index (Phi) is 6.28. The molecule has 1 unspecified atom stereocenters. The fourth-order valence-corrected chi connectivity index (χ4v) is 3.12. The lowest BCUT2D eigenvalue weighted by molar-refractivity contribution is 0.526. The van der Waals surface area contributed by atoms with Crippen LogP contribution in [-0.4, -0.2) is 12.6 Å². The molecule has 1 N–H and O–H groups in total. The molecule has 0 saturated heterocycles. The van der Waals surface area contributed by atoms with Crippen LogP contribution in [0.15, 0.2) is 53.0 Å². The van der Waals surface area contributed by atoms with E-state index in [1.165, 1.54) is 15.6 Å². The molecule has 0 aliphatic heterocycles. The quantitative estimate of drug-likeness (QED) is 0.719. The van der Waals surface area contributed by atoms with Gasteiger partial charge < -0.3 is 5.32 Å². The third kappa shape index (κ3) is 5.14. The third-order valence-corrected chi connectivity index (χ3v) is 4.49. The van der Waals surface area contributed by atoms with Crippen molar-refractivity contribution in [2.75, 3.05) is 6.54 Å². The van der Waals surface area contributed by atoms with Gasteiger partial charge in [-0.05, 0) is 35.7 Å². The van der Waals surface area contributed by atoms with Gasteiger partial charge in [-0.2, -0.15) is 0 Å². The molecule has 0 aromatic heterocycles. The molecule has 0 aliphatic carbocycles. The van der Waals surface area contributed by atoms with E-state index in [0.717, 1.165) is 18.0 Å². The van der Waals surface area contributed by atoms with Gasteiger partial charge >= 0.3 is 0 Å². The van der Waals surface area contributed by atoms with Crippen LogP contribution < -0.4 is 5.32 Å². The summed E-state index contributed by atoms with van der Waals surface area (Å²) in [4.78, 5) is 0. The molecule has 0 heterocycles. The summed E-state index contributed by atoms with van der Waals surface area (Å²) in [5.74, 6) is 0.434. The average Bonchev–Trinajstić information content (AvgIpc) is 2.46. The maximum atomic E-state index is 5.97. The van der Waals surface area contributed by atoms with E-state index in [-0.39, 0.29) is 0 Å². The maximum absolute atomic E-state index is 5.97.